The highest BCUT2D eigenvalue weighted by Crippen LogP contribution is 2.37. The normalized spacial score (nSPS) is 24.0. The van der Waals surface area contributed by atoms with Crippen LogP contribution in [0.25, 0.3) is 45.8 Å². The van der Waals surface area contributed by atoms with Crippen molar-refractivity contribution in [1.29, 1.82) is 0 Å². The summed E-state index contributed by atoms with van der Waals surface area (Å²) >= 11 is 0. The van der Waals surface area contributed by atoms with Gasteiger partial charge in [0.05, 0.1) is 79.9 Å². The fourth-order valence-electron chi connectivity index (χ4n) is 11.5. The number of piperidine rings is 2. The number of quaternary nitrogens is 2. The van der Waals surface area contributed by atoms with Crippen LogP contribution in [0, 0.1) is 11.8 Å². The first-order valence-corrected chi connectivity index (χ1v) is 25.4. The first kappa shape index (κ1) is 45.0. The van der Waals surface area contributed by atoms with Crippen molar-refractivity contribution in [3.63, 3.8) is 0 Å². The second-order valence-electron chi connectivity index (χ2n) is 20.8. The summed E-state index contributed by atoms with van der Waals surface area (Å²) in [5.74, 6) is 3.13. The number of pyridine rings is 2. The van der Waals surface area contributed by atoms with E-state index in [0.717, 1.165) is 58.5 Å². The minimum absolute atomic E-state index is 0.641. The van der Waals surface area contributed by atoms with Crippen molar-refractivity contribution in [3.05, 3.63) is 133 Å². The highest BCUT2D eigenvalue weighted by atomic mass is 16.4. The number of benzene rings is 2. The Balaban J connectivity index is 0.609. The Hall–Kier alpha value is -5.84. The van der Waals surface area contributed by atoms with E-state index in [1.165, 1.54) is 141 Å². The SMILES string of the molecule is C[n+]1cccc2oc(/C=C3/C=CN(CCCC[N+]4(C)CCC(CCCC5CC[N+](C)(CCCCN6C=C/C(=C\c7nc8c(ccc[n+]8C)o7)c7ccccc76)CC5)CC4)c4ccccc43)nc21. The average Bonchev–Trinajstić information content (AvgIpc) is 3.97. The Bertz CT molecular complexity index is 2610. The summed E-state index contributed by atoms with van der Waals surface area (Å²) in [5, 5.41) is 0. The number of hydrogen-bond acceptors (Lipinski definition) is 6. The van der Waals surface area contributed by atoms with Crippen molar-refractivity contribution < 1.29 is 26.9 Å². The molecule has 10 nitrogen and oxygen atoms in total. The minimum atomic E-state index is 0.641. The first-order valence-electron chi connectivity index (χ1n) is 25.4. The molecule has 0 bridgehead atoms. The fourth-order valence-corrected chi connectivity index (χ4v) is 11.5. The fraction of sp³-hybridized carbons (Fsp3) is 0.439. The molecule has 2 fully saturated rings. The lowest BCUT2D eigenvalue weighted by atomic mass is 9.86. The predicted molar refractivity (Wildman–Crippen MR) is 271 cm³/mol. The Morgan fingerprint density at radius 2 is 1.00 bits per heavy atom. The lowest BCUT2D eigenvalue weighted by molar-refractivity contribution is -0.915. The lowest BCUT2D eigenvalue weighted by Gasteiger charge is -2.42. The van der Waals surface area contributed by atoms with E-state index >= 15 is 0 Å². The van der Waals surface area contributed by atoms with Crippen molar-refractivity contribution in [2.24, 2.45) is 25.9 Å². The largest absolute Gasteiger partial charge is 0.411 e. The van der Waals surface area contributed by atoms with Gasteiger partial charge in [-0.25, -0.2) is 9.13 Å². The maximum Gasteiger partial charge on any atom is 0.370 e. The number of nitrogens with zero attached hydrogens (tertiary/aromatic N) is 8. The number of likely N-dealkylation sites (tertiary alicyclic amines) is 2. The van der Waals surface area contributed by atoms with Crippen LogP contribution in [0.15, 0.2) is 119 Å². The number of hydrogen-bond donors (Lipinski definition) is 0. The Kier molecular flexibility index (Phi) is 13.3. The maximum atomic E-state index is 6.08. The predicted octanol–water partition coefficient (Wildman–Crippen LogP) is 10.5. The summed E-state index contributed by atoms with van der Waals surface area (Å²) in [6.07, 6.45) is 31.9. The van der Waals surface area contributed by atoms with Crippen LogP contribution in [0.2, 0.25) is 0 Å². The number of allylic oxidation sites excluding steroid dienone is 4. The van der Waals surface area contributed by atoms with Gasteiger partial charge in [0.25, 0.3) is 0 Å². The molecule has 10 heteroatoms. The molecule has 2 saturated heterocycles. The highest BCUT2D eigenvalue weighted by molar-refractivity contribution is 5.95. The molecule has 0 N–H and O–H groups in total. The molecule has 2 aromatic carbocycles. The number of para-hydroxylation sites is 2. The molecule has 4 aliphatic heterocycles. The average molecular weight is 901 g/mol. The van der Waals surface area contributed by atoms with Crippen LogP contribution in [0.3, 0.4) is 0 Å². The molecule has 0 amide bonds. The number of aryl methyl sites for hydroxylation is 2. The van der Waals surface area contributed by atoms with Crippen LogP contribution in [-0.4, -0.2) is 85.4 Å². The summed E-state index contributed by atoms with van der Waals surface area (Å²) in [7, 11) is 9.05. The van der Waals surface area contributed by atoms with E-state index in [1.807, 2.05) is 59.9 Å². The van der Waals surface area contributed by atoms with Crippen molar-refractivity contribution in [1.82, 2.24) is 9.97 Å². The lowest BCUT2D eigenvalue weighted by Crippen LogP contribution is -2.50. The molecule has 0 saturated carbocycles. The smallest absolute Gasteiger partial charge is 0.370 e. The molecule has 8 heterocycles. The van der Waals surface area contributed by atoms with Crippen LogP contribution >= 0.6 is 0 Å². The number of fused-ring (bicyclic) bond motifs is 4. The van der Waals surface area contributed by atoms with Gasteiger partial charge in [-0.15, -0.1) is 0 Å². The molecule has 0 radical (unpaired) electrons. The number of unbranched alkanes of at least 4 members (excludes halogenated alkanes) is 2. The van der Waals surface area contributed by atoms with Crippen molar-refractivity contribution in [3.8, 4) is 0 Å². The van der Waals surface area contributed by atoms with Crippen LogP contribution < -0.4 is 18.9 Å². The molecule has 0 atom stereocenters. The van der Waals surface area contributed by atoms with Crippen molar-refractivity contribution in [2.75, 3.05) is 76.3 Å². The zero-order valence-corrected chi connectivity index (χ0v) is 40.5. The Labute approximate surface area is 398 Å². The standard InChI is InChI=1S/C57H72N8O2/c1-60-30-14-22-52-56(60)58-54(66-52)42-46-24-34-62(50-20-7-5-18-48(46)50)32-9-11-36-64(3)38-26-44(27-39-64)16-13-17-45-28-40-65(4,41-29-45)37-12-10-33-63-35-25-47(49-19-6-8-21-51(49)63)43-55-59-57-53(67-55)23-15-31-61(57)2/h5-8,14-15,18-25,30-31,34-35,42-45H,9-13,16-17,26-29,32-33,36-41H2,1-4H3/q+4. The number of aromatic nitrogens is 4. The van der Waals surface area contributed by atoms with E-state index in [1.54, 1.807) is 0 Å². The first-order chi connectivity index (χ1) is 32.7. The zero-order chi connectivity index (χ0) is 45.8. The van der Waals surface area contributed by atoms with Crippen LogP contribution in [-0.2, 0) is 14.1 Å². The summed E-state index contributed by atoms with van der Waals surface area (Å²) in [6, 6.07) is 25.4. The third kappa shape index (κ3) is 10.4. The van der Waals surface area contributed by atoms with Gasteiger partial charge in [0, 0.05) is 70.1 Å². The number of oxazole rings is 2. The van der Waals surface area contributed by atoms with Crippen LogP contribution in [0.5, 0.6) is 0 Å². The molecule has 4 aliphatic rings. The van der Waals surface area contributed by atoms with E-state index in [9.17, 15) is 0 Å². The molecule has 10 rings (SSSR count). The van der Waals surface area contributed by atoms with Gasteiger partial charge in [-0.05, 0) is 123 Å². The quantitative estimate of drug-likeness (QED) is 0.0548. The summed E-state index contributed by atoms with van der Waals surface area (Å²) in [4.78, 5) is 14.4. The molecule has 0 aliphatic carbocycles. The Morgan fingerprint density at radius 3 is 1.43 bits per heavy atom. The van der Waals surface area contributed by atoms with Gasteiger partial charge >= 0.3 is 23.1 Å². The van der Waals surface area contributed by atoms with Gasteiger partial charge in [0.15, 0.2) is 0 Å². The van der Waals surface area contributed by atoms with Gasteiger partial charge in [-0.3, -0.25) is 0 Å². The zero-order valence-electron chi connectivity index (χ0n) is 40.5. The molecule has 0 spiro atoms. The van der Waals surface area contributed by atoms with Gasteiger partial charge in [-0.1, -0.05) is 55.7 Å². The Morgan fingerprint density at radius 1 is 0.567 bits per heavy atom. The number of anilines is 2. The molecule has 67 heavy (non-hydrogen) atoms. The van der Waals surface area contributed by atoms with E-state index in [4.69, 9.17) is 18.8 Å². The maximum absolute atomic E-state index is 6.08. The summed E-state index contributed by atoms with van der Waals surface area (Å²) < 4.78 is 18.7. The molecule has 6 aromatic rings. The van der Waals surface area contributed by atoms with Gasteiger partial charge in [0.2, 0.25) is 11.2 Å². The number of rotatable bonds is 16. The van der Waals surface area contributed by atoms with E-state index < -0.39 is 0 Å². The third-order valence-electron chi connectivity index (χ3n) is 15.8. The second kappa shape index (κ2) is 19.8. The topological polar surface area (TPSA) is 66.3 Å². The van der Waals surface area contributed by atoms with Crippen molar-refractivity contribution in [2.45, 2.75) is 70.6 Å². The summed E-state index contributed by atoms with van der Waals surface area (Å²) in [5.41, 5.74) is 10.6. The molecular formula is C57H72N8O2+4. The van der Waals surface area contributed by atoms with Gasteiger partial charge in [-0.2, -0.15) is 0 Å². The van der Waals surface area contributed by atoms with Crippen LogP contribution in [0.4, 0.5) is 11.4 Å². The highest BCUT2D eigenvalue weighted by Gasteiger charge is 2.32. The molecule has 348 valence electrons. The van der Waals surface area contributed by atoms with Gasteiger partial charge < -0.3 is 27.6 Å². The monoisotopic (exact) mass is 901 g/mol. The van der Waals surface area contributed by atoms with E-state index in [0.29, 0.717) is 11.8 Å². The van der Waals surface area contributed by atoms with Gasteiger partial charge in [0.1, 0.15) is 0 Å². The minimum Gasteiger partial charge on any atom is -0.411 e. The molecule has 0 unspecified atom stereocenters. The summed E-state index contributed by atoms with van der Waals surface area (Å²) in [6.45, 7) is 10.0. The van der Waals surface area contributed by atoms with Crippen LogP contribution in [0.1, 0.15) is 93.5 Å². The second-order valence-corrected chi connectivity index (χ2v) is 20.8. The van der Waals surface area contributed by atoms with E-state index in [2.05, 4.69) is 109 Å². The molecule has 4 aromatic heterocycles. The third-order valence-corrected chi connectivity index (χ3v) is 15.8. The van der Waals surface area contributed by atoms with E-state index in [-0.39, 0.29) is 0 Å². The van der Waals surface area contributed by atoms with Crippen molar-refractivity contribution >= 4 is 57.1 Å². The molecular weight excluding hydrogens is 829 g/mol.